The largest absolute Gasteiger partial charge is 0.308 e. The van der Waals surface area contributed by atoms with Gasteiger partial charge in [0.1, 0.15) is 0 Å². The third kappa shape index (κ3) is 3.76. The molecule has 4 nitrogen and oxygen atoms in total. The molecular weight excluding hydrogens is 352 g/mol. The standard InChI is InChI=1S/C12H10BrClN2O2S/c13-10-3-4-19-12(10)7-15-6-8-1-2-9(16(17)18)5-11(8)14/h1-5,15H,6-7H2. The number of nitro groups is 1. The fraction of sp³-hybridized carbons (Fsp3) is 0.167. The van der Waals surface area contributed by atoms with Gasteiger partial charge >= 0.3 is 0 Å². The number of hydrogen-bond donors (Lipinski definition) is 1. The molecule has 0 saturated heterocycles. The molecule has 0 aliphatic carbocycles. The van der Waals surface area contributed by atoms with Crippen molar-refractivity contribution in [3.8, 4) is 0 Å². The highest BCUT2D eigenvalue weighted by atomic mass is 79.9. The fourth-order valence-corrected chi connectivity index (χ4v) is 3.26. The Morgan fingerprint density at radius 3 is 2.74 bits per heavy atom. The molecule has 19 heavy (non-hydrogen) atoms. The minimum absolute atomic E-state index is 0.00903. The number of halogens is 2. The van der Waals surface area contributed by atoms with Gasteiger partial charge in [-0.05, 0) is 39.0 Å². The zero-order chi connectivity index (χ0) is 13.8. The maximum atomic E-state index is 10.6. The number of nitrogens with one attached hydrogen (secondary N) is 1. The monoisotopic (exact) mass is 360 g/mol. The predicted octanol–water partition coefficient (Wildman–Crippen LogP) is 4.36. The maximum Gasteiger partial charge on any atom is 0.270 e. The molecule has 0 spiro atoms. The van der Waals surface area contributed by atoms with Gasteiger partial charge in [0.05, 0.1) is 9.95 Å². The number of benzene rings is 1. The summed E-state index contributed by atoms with van der Waals surface area (Å²) >= 11 is 11.1. The zero-order valence-corrected chi connectivity index (χ0v) is 12.9. The molecule has 0 atom stereocenters. The van der Waals surface area contributed by atoms with E-state index in [1.54, 1.807) is 17.4 Å². The van der Waals surface area contributed by atoms with Crippen molar-refractivity contribution in [2.75, 3.05) is 0 Å². The highest BCUT2D eigenvalue weighted by Crippen LogP contribution is 2.24. The van der Waals surface area contributed by atoms with Crippen molar-refractivity contribution in [2.24, 2.45) is 0 Å². The summed E-state index contributed by atoms with van der Waals surface area (Å²) in [5.74, 6) is 0. The summed E-state index contributed by atoms with van der Waals surface area (Å²) in [5.41, 5.74) is 0.856. The number of rotatable bonds is 5. The van der Waals surface area contributed by atoms with Crippen LogP contribution in [0.3, 0.4) is 0 Å². The third-order valence-electron chi connectivity index (χ3n) is 2.54. The summed E-state index contributed by atoms with van der Waals surface area (Å²) < 4.78 is 1.08. The van der Waals surface area contributed by atoms with E-state index in [0.29, 0.717) is 11.6 Å². The van der Waals surface area contributed by atoms with E-state index < -0.39 is 4.92 Å². The molecule has 0 aliphatic rings. The zero-order valence-electron chi connectivity index (χ0n) is 9.73. The van der Waals surface area contributed by atoms with Crippen LogP contribution in [0.2, 0.25) is 5.02 Å². The van der Waals surface area contributed by atoms with Gasteiger partial charge in [0, 0.05) is 34.6 Å². The normalized spacial score (nSPS) is 10.6. The second-order valence-electron chi connectivity index (χ2n) is 3.83. The molecule has 0 amide bonds. The Balaban J connectivity index is 1.96. The molecule has 0 bridgehead atoms. The minimum atomic E-state index is -0.453. The van der Waals surface area contributed by atoms with E-state index in [4.69, 9.17) is 11.6 Å². The van der Waals surface area contributed by atoms with Crippen LogP contribution in [0.25, 0.3) is 0 Å². The Kier molecular flexibility index (Phi) is 4.93. The molecule has 2 rings (SSSR count). The molecule has 0 radical (unpaired) electrons. The molecule has 1 aromatic carbocycles. The van der Waals surface area contributed by atoms with Crippen LogP contribution in [-0.4, -0.2) is 4.92 Å². The lowest BCUT2D eigenvalue weighted by molar-refractivity contribution is -0.384. The summed E-state index contributed by atoms with van der Waals surface area (Å²) in [6.45, 7) is 1.30. The molecule has 100 valence electrons. The van der Waals surface area contributed by atoms with E-state index in [9.17, 15) is 10.1 Å². The Morgan fingerprint density at radius 2 is 2.16 bits per heavy atom. The number of non-ortho nitro benzene ring substituents is 1. The summed E-state index contributed by atoms with van der Waals surface area (Å²) in [7, 11) is 0. The van der Waals surface area contributed by atoms with Crippen molar-refractivity contribution in [2.45, 2.75) is 13.1 Å². The number of nitro benzene ring substituents is 1. The Hall–Kier alpha value is -0.950. The SMILES string of the molecule is O=[N+]([O-])c1ccc(CNCc2sccc2Br)c(Cl)c1. The van der Waals surface area contributed by atoms with Gasteiger partial charge in [-0.1, -0.05) is 11.6 Å². The number of thiophene rings is 1. The molecule has 1 heterocycles. The third-order valence-corrected chi connectivity index (χ3v) is 4.82. The van der Waals surface area contributed by atoms with Crippen molar-refractivity contribution < 1.29 is 4.92 Å². The van der Waals surface area contributed by atoms with Gasteiger partial charge in [-0.2, -0.15) is 0 Å². The predicted molar refractivity (Wildman–Crippen MR) is 80.7 cm³/mol. The quantitative estimate of drug-likeness (QED) is 0.636. The van der Waals surface area contributed by atoms with Crippen LogP contribution < -0.4 is 5.32 Å². The van der Waals surface area contributed by atoms with Gasteiger partial charge in [-0.3, -0.25) is 10.1 Å². The number of hydrogen-bond acceptors (Lipinski definition) is 4. The van der Waals surface area contributed by atoms with E-state index in [0.717, 1.165) is 16.6 Å². The maximum absolute atomic E-state index is 10.6. The highest BCUT2D eigenvalue weighted by molar-refractivity contribution is 9.10. The molecule has 0 aliphatic heterocycles. The van der Waals surface area contributed by atoms with Gasteiger partial charge in [-0.25, -0.2) is 0 Å². The van der Waals surface area contributed by atoms with Crippen LogP contribution in [0.4, 0.5) is 5.69 Å². The lowest BCUT2D eigenvalue weighted by Crippen LogP contribution is -2.12. The number of nitrogens with zero attached hydrogens (tertiary/aromatic N) is 1. The molecule has 1 aromatic heterocycles. The van der Waals surface area contributed by atoms with Crippen LogP contribution in [0, 0.1) is 10.1 Å². The van der Waals surface area contributed by atoms with E-state index in [1.807, 2.05) is 11.4 Å². The molecule has 0 saturated carbocycles. The highest BCUT2D eigenvalue weighted by Gasteiger charge is 2.09. The first-order valence-corrected chi connectivity index (χ1v) is 7.48. The van der Waals surface area contributed by atoms with Gasteiger partial charge in [0.2, 0.25) is 0 Å². The van der Waals surface area contributed by atoms with Crippen molar-refractivity contribution in [3.63, 3.8) is 0 Å². The second-order valence-corrected chi connectivity index (χ2v) is 6.09. The average Bonchev–Trinajstić information content (AvgIpc) is 2.77. The van der Waals surface area contributed by atoms with E-state index in [1.165, 1.54) is 17.0 Å². The molecule has 0 unspecified atom stereocenters. The van der Waals surface area contributed by atoms with Gasteiger partial charge < -0.3 is 5.32 Å². The van der Waals surface area contributed by atoms with Crippen molar-refractivity contribution in [3.05, 3.63) is 59.7 Å². The van der Waals surface area contributed by atoms with E-state index in [-0.39, 0.29) is 5.69 Å². The Labute approximate surface area is 127 Å². The molecular formula is C12H10BrClN2O2S. The molecule has 7 heteroatoms. The molecule has 1 N–H and O–H groups in total. The first kappa shape index (κ1) is 14.5. The smallest absolute Gasteiger partial charge is 0.270 e. The first-order chi connectivity index (χ1) is 9.08. The first-order valence-electron chi connectivity index (χ1n) is 5.43. The van der Waals surface area contributed by atoms with Crippen molar-refractivity contribution in [1.29, 1.82) is 0 Å². The van der Waals surface area contributed by atoms with E-state index >= 15 is 0 Å². The fourth-order valence-electron chi connectivity index (χ4n) is 1.56. The van der Waals surface area contributed by atoms with Gasteiger partial charge in [-0.15, -0.1) is 11.3 Å². The van der Waals surface area contributed by atoms with E-state index in [2.05, 4.69) is 21.2 Å². The molecule has 2 aromatic rings. The van der Waals surface area contributed by atoms with Crippen LogP contribution in [0.5, 0.6) is 0 Å². The summed E-state index contributed by atoms with van der Waals surface area (Å²) in [4.78, 5) is 11.4. The molecule has 0 fully saturated rings. The Bertz CT molecular complexity index is 603. The topological polar surface area (TPSA) is 55.2 Å². The summed E-state index contributed by atoms with van der Waals surface area (Å²) in [6.07, 6.45) is 0. The van der Waals surface area contributed by atoms with Crippen LogP contribution in [0.15, 0.2) is 34.1 Å². The van der Waals surface area contributed by atoms with Gasteiger partial charge in [0.15, 0.2) is 0 Å². The Morgan fingerprint density at radius 1 is 1.37 bits per heavy atom. The van der Waals surface area contributed by atoms with Crippen molar-refractivity contribution >= 4 is 44.6 Å². The summed E-state index contributed by atoms with van der Waals surface area (Å²) in [5, 5.41) is 16.3. The minimum Gasteiger partial charge on any atom is -0.308 e. The van der Waals surface area contributed by atoms with Crippen LogP contribution >= 0.6 is 38.9 Å². The lowest BCUT2D eigenvalue weighted by atomic mass is 10.2. The average molecular weight is 362 g/mol. The second kappa shape index (κ2) is 6.47. The van der Waals surface area contributed by atoms with Gasteiger partial charge in [0.25, 0.3) is 5.69 Å². The summed E-state index contributed by atoms with van der Waals surface area (Å²) in [6, 6.07) is 6.51. The van der Waals surface area contributed by atoms with Crippen LogP contribution in [-0.2, 0) is 13.1 Å². The lowest BCUT2D eigenvalue weighted by Gasteiger charge is -2.06. The van der Waals surface area contributed by atoms with Crippen molar-refractivity contribution in [1.82, 2.24) is 5.32 Å². The van der Waals surface area contributed by atoms with Crippen LogP contribution in [0.1, 0.15) is 10.4 Å².